The van der Waals surface area contributed by atoms with Gasteiger partial charge in [-0.15, -0.1) is 0 Å². The minimum absolute atomic E-state index is 0.437. The molecule has 12 nitrogen and oxygen atoms in total. The van der Waals surface area contributed by atoms with Crippen molar-refractivity contribution in [3.8, 4) is 0 Å². The highest BCUT2D eigenvalue weighted by molar-refractivity contribution is 5.74. The fourth-order valence-corrected chi connectivity index (χ4v) is 4.30. The number of rotatable bonds is 9. The van der Waals surface area contributed by atoms with Gasteiger partial charge in [0.25, 0.3) is 0 Å². The lowest BCUT2D eigenvalue weighted by Gasteiger charge is -2.51. The highest BCUT2D eigenvalue weighted by Gasteiger charge is 2.55. The molecule has 12 heteroatoms. The molecule has 0 spiro atoms. The van der Waals surface area contributed by atoms with Crippen LogP contribution < -0.4 is 5.32 Å². The van der Waals surface area contributed by atoms with E-state index < -0.39 is 91.2 Å². The molecule has 0 bridgehead atoms. The van der Waals surface area contributed by atoms with Crippen molar-refractivity contribution < 1.29 is 54.1 Å². The van der Waals surface area contributed by atoms with Gasteiger partial charge in [-0.3, -0.25) is 4.79 Å². The van der Waals surface area contributed by atoms with E-state index in [2.05, 4.69) is 5.32 Å². The first-order valence-corrected chi connectivity index (χ1v) is 11.5. The molecule has 0 saturated carbocycles. The summed E-state index contributed by atoms with van der Waals surface area (Å²) in [6.07, 6.45) is -12.5. The monoisotopic (exact) mass is 493 g/mol. The van der Waals surface area contributed by atoms with Gasteiger partial charge in [-0.2, -0.15) is 0 Å². The molecule has 10 atom stereocenters. The average molecular weight is 494 g/mol. The largest absolute Gasteiger partial charge is 0.479 e. The van der Waals surface area contributed by atoms with Crippen LogP contribution in [0.3, 0.4) is 0 Å². The normalized spacial score (nSPS) is 39.1. The Labute approximate surface area is 199 Å². The number of carboxylic acids is 1. The Morgan fingerprint density at radius 1 is 1.06 bits per heavy atom. The van der Waals surface area contributed by atoms with Crippen molar-refractivity contribution >= 4 is 11.9 Å². The van der Waals surface area contributed by atoms with Gasteiger partial charge in [-0.25, -0.2) is 4.79 Å². The first-order chi connectivity index (χ1) is 15.7. The molecule has 2 heterocycles. The van der Waals surface area contributed by atoms with Gasteiger partial charge in [0, 0.05) is 6.92 Å². The van der Waals surface area contributed by atoms with E-state index in [4.69, 9.17) is 18.9 Å². The predicted molar refractivity (Wildman–Crippen MR) is 117 cm³/mol. The summed E-state index contributed by atoms with van der Waals surface area (Å²) >= 11 is 0. The van der Waals surface area contributed by atoms with Crippen LogP contribution in [0.25, 0.3) is 0 Å². The molecule has 0 aromatic heterocycles. The Morgan fingerprint density at radius 3 is 2.15 bits per heavy atom. The summed E-state index contributed by atoms with van der Waals surface area (Å²) in [4.78, 5) is 23.8. The van der Waals surface area contributed by atoms with E-state index in [0.29, 0.717) is 6.42 Å². The first-order valence-electron chi connectivity index (χ1n) is 11.5. The maximum Gasteiger partial charge on any atom is 0.335 e. The fourth-order valence-electron chi connectivity index (χ4n) is 4.30. The fraction of sp³-hybridized carbons (Fsp3) is 0.909. The number of carbonyl (C=O) groups is 2. The summed E-state index contributed by atoms with van der Waals surface area (Å²) in [5, 5.41) is 54.3. The third-order valence-corrected chi connectivity index (χ3v) is 6.46. The average Bonchev–Trinajstić information content (AvgIpc) is 2.74. The van der Waals surface area contributed by atoms with E-state index in [0.717, 1.165) is 0 Å². The van der Waals surface area contributed by atoms with E-state index in [1.54, 1.807) is 13.8 Å². The number of aliphatic hydroxyl groups is 4. The lowest BCUT2D eigenvalue weighted by Crippen LogP contribution is -2.70. The molecule has 2 aliphatic rings. The Bertz CT molecular complexity index is 702. The minimum Gasteiger partial charge on any atom is -0.479 e. The molecular weight excluding hydrogens is 454 g/mol. The van der Waals surface area contributed by atoms with Crippen molar-refractivity contribution in [2.45, 2.75) is 115 Å². The van der Waals surface area contributed by atoms with Crippen LogP contribution in [0.2, 0.25) is 0 Å². The summed E-state index contributed by atoms with van der Waals surface area (Å²) in [5.74, 6) is -1.87. The molecule has 1 amide bonds. The van der Waals surface area contributed by atoms with Gasteiger partial charge in [0.2, 0.25) is 5.91 Å². The van der Waals surface area contributed by atoms with Crippen molar-refractivity contribution in [2.24, 2.45) is 5.41 Å². The van der Waals surface area contributed by atoms with Crippen molar-refractivity contribution in [3.63, 3.8) is 0 Å². The standard InChI is InChI=1S/C22H39NO11/c1-7-22(5,6)19-12(23-10(4)25)16(13(26)11(8-24)32-19)33-21-15(28)14(27)17(31-9(2)3)18(34-21)20(29)30/h9,11-19,21,24,26-28H,7-8H2,1-6H3,(H,23,25)(H,29,30). The maximum atomic E-state index is 12.0. The first kappa shape index (κ1) is 28.9. The second-order valence-electron chi connectivity index (χ2n) is 9.83. The second kappa shape index (κ2) is 11.6. The number of hydrogen-bond donors (Lipinski definition) is 6. The Hall–Kier alpha value is -1.38. The summed E-state index contributed by atoms with van der Waals surface area (Å²) < 4.78 is 22.8. The van der Waals surface area contributed by atoms with Gasteiger partial charge in [-0.1, -0.05) is 20.8 Å². The lowest BCUT2D eigenvalue weighted by molar-refractivity contribution is -0.335. The number of nitrogens with one attached hydrogen (secondary N) is 1. The highest BCUT2D eigenvalue weighted by atomic mass is 16.7. The SMILES string of the molecule is CCC(C)(C)C1OC(CO)C(O)C(OC2OC(C(=O)O)C(OC(C)C)C(O)C2O)C1NC(C)=O. The van der Waals surface area contributed by atoms with E-state index in [1.807, 2.05) is 20.8 Å². The van der Waals surface area contributed by atoms with Crippen molar-refractivity contribution in [3.05, 3.63) is 0 Å². The molecule has 0 aliphatic carbocycles. The Balaban J connectivity index is 2.40. The van der Waals surface area contributed by atoms with Crippen molar-refractivity contribution in [1.82, 2.24) is 5.32 Å². The molecule has 10 unspecified atom stereocenters. The number of aliphatic hydroxyl groups excluding tert-OH is 4. The van der Waals surface area contributed by atoms with Crippen LogP contribution in [0.4, 0.5) is 0 Å². The van der Waals surface area contributed by atoms with Gasteiger partial charge in [0.05, 0.1) is 24.9 Å². The molecule has 198 valence electrons. The van der Waals surface area contributed by atoms with Crippen LogP contribution in [0, 0.1) is 5.41 Å². The van der Waals surface area contributed by atoms with Gasteiger partial charge in [0.1, 0.15) is 36.6 Å². The zero-order valence-electron chi connectivity index (χ0n) is 20.5. The Kier molecular flexibility index (Phi) is 9.82. The quantitative estimate of drug-likeness (QED) is 0.226. The molecule has 2 fully saturated rings. The number of amides is 1. The second-order valence-corrected chi connectivity index (χ2v) is 9.83. The van der Waals surface area contributed by atoms with E-state index in [-0.39, 0.29) is 0 Å². The van der Waals surface area contributed by atoms with Gasteiger partial charge < -0.3 is 49.8 Å². The predicted octanol–water partition coefficient (Wildman–Crippen LogP) is -1.24. The number of carboxylic acid groups (broad SMARTS) is 1. The molecule has 2 aliphatic heterocycles. The smallest absolute Gasteiger partial charge is 0.335 e. The van der Waals surface area contributed by atoms with Gasteiger partial charge >= 0.3 is 5.97 Å². The zero-order valence-corrected chi connectivity index (χ0v) is 20.5. The molecule has 0 aromatic carbocycles. The summed E-state index contributed by atoms with van der Waals surface area (Å²) in [5.41, 5.74) is -0.534. The van der Waals surface area contributed by atoms with Crippen LogP contribution in [-0.4, -0.2) is 111 Å². The molecule has 34 heavy (non-hydrogen) atoms. The molecule has 6 N–H and O–H groups in total. The summed E-state index contributed by atoms with van der Waals surface area (Å²) in [6.45, 7) is 9.70. The third kappa shape index (κ3) is 6.24. The zero-order chi connectivity index (χ0) is 26.0. The number of aliphatic carboxylic acids is 1. The molecule has 0 aromatic rings. The number of carbonyl (C=O) groups excluding carboxylic acids is 1. The van der Waals surface area contributed by atoms with E-state index in [1.165, 1.54) is 6.92 Å². The molecular formula is C22H39NO11. The van der Waals surface area contributed by atoms with Crippen molar-refractivity contribution in [2.75, 3.05) is 6.61 Å². The lowest BCUT2D eigenvalue weighted by atomic mass is 9.75. The van der Waals surface area contributed by atoms with Crippen molar-refractivity contribution in [1.29, 1.82) is 0 Å². The summed E-state index contributed by atoms with van der Waals surface area (Å²) in [7, 11) is 0. The summed E-state index contributed by atoms with van der Waals surface area (Å²) in [6, 6.07) is -0.939. The highest BCUT2D eigenvalue weighted by Crippen LogP contribution is 2.38. The van der Waals surface area contributed by atoms with Gasteiger partial charge in [0.15, 0.2) is 12.4 Å². The van der Waals surface area contributed by atoms with Crippen LogP contribution in [0.15, 0.2) is 0 Å². The molecule has 2 saturated heterocycles. The van der Waals surface area contributed by atoms with Crippen LogP contribution in [0.5, 0.6) is 0 Å². The minimum atomic E-state index is -1.72. The van der Waals surface area contributed by atoms with Crippen LogP contribution in [-0.2, 0) is 28.5 Å². The number of ether oxygens (including phenoxy) is 4. The van der Waals surface area contributed by atoms with E-state index >= 15 is 0 Å². The third-order valence-electron chi connectivity index (χ3n) is 6.46. The van der Waals surface area contributed by atoms with Crippen LogP contribution >= 0.6 is 0 Å². The number of hydrogen-bond acceptors (Lipinski definition) is 10. The maximum absolute atomic E-state index is 12.0. The molecule has 2 rings (SSSR count). The topological polar surface area (TPSA) is 184 Å². The van der Waals surface area contributed by atoms with Crippen LogP contribution in [0.1, 0.15) is 48.0 Å². The van der Waals surface area contributed by atoms with Gasteiger partial charge in [-0.05, 0) is 25.7 Å². The van der Waals surface area contributed by atoms with E-state index in [9.17, 15) is 35.1 Å². The Morgan fingerprint density at radius 2 is 1.68 bits per heavy atom. The molecule has 0 radical (unpaired) electrons.